The van der Waals surface area contributed by atoms with E-state index in [2.05, 4.69) is 27.9 Å². The molecule has 1 aliphatic heterocycles. The second kappa shape index (κ2) is 5.92. The van der Waals surface area contributed by atoms with Gasteiger partial charge in [0.05, 0.1) is 18.0 Å². The lowest BCUT2D eigenvalue weighted by molar-refractivity contribution is 0.0965. The molecule has 0 spiro atoms. The van der Waals surface area contributed by atoms with Gasteiger partial charge in [-0.05, 0) is 39.7 Å². The average Bonchev–Trinajstić information content (AvgIpc) is 2.92. The van der Waals surface area contributed by atoms with E-state index in [1.807, 2.05) is 11.5 Å². The van der Waals surface area contributed by atoms with Crippen LogP contribution >= 0.6 is 0 Å². The Morgan fingerprint density at radius 1 is 1.43 bits per heavy atom. The van der Waals surface area contributed by atoms with Crippen molar-refractivity contribution in [3.05, 3.63) is 41.0 Å². The van der Waals surface area contributed by atoms with Crippen LogP contribution in [0.1, 0.15) is 65.3 Å². The summed E-state index contributed by atoms with van der Waals surface area (Å²) >= 11 is 0. The number of imidazole rings is 1. The van der Waals surface area contributed by atoms with E-state index in [9.17, 15) is 10.1 Å². The van der Waals surface area contributed by atoms with Crippen molar-refractivity contribution in [3.63, 3.8) is 0 Å². The molecule has 0 radical (unpaired) electrons. The first-order valence-electron chi connectivity index (χ1n) is 7.83. The molecular formula is C17H19N5O. The normalized spacial score (nSPS) is 18.1. The van der Waals surface area contributed by atoms with Gasteiger partial charge in [-0.15, -0.1) is 0 Å². The van der Waals surface area contributed by atoms with Crippen LogP contribution in [0.5, 0.6) is 0 Å². The summed E-state index contributed by atoms with van der Waals surface area (Å²) in [6.07, 6.45) is 4.58. The molecule has 6 nitrogen and oxygen atoms in total. The van der Waals surface area contributed by atoms with E-state index in [0.717, 1.165) is 30.8 Å². The molecular weight excluding hydrogens is 290 g/mol. The summed E-state index contributed by atoms with van der Waals surface area (Å²) in [5, 5.41) is 9.54. The topological polar surface area (TPSA) is 84.5 Å². The summed E-state index contributed by atoms with van der Waals surface area (Å²) in [7, 11) is 0. The zero-order chi connectivity index (χ0) is 16.6. The number of carbonyl (C=O) groups excluding carboxylic acids is 1. The third-order valence-electron chi connectivity index (χ3n) is 4.26. The zero-order valence-corrected chi connectivity index (χ0v) is 13.6. The Balaban J connectivity index is 2.02. The summed E-state index contributed by atoms with van der Waals surface area (Å²) < 4.78 is 1.98. The molecule has 0 aromatic carbocycles. The first-order valence-corrected chi connectivity index (χ1v) is 7.83. The lowest BCUT2D eigenvalue weighted by Crippen LogP contribution is -2.23. The number of Topliss-reactive ketones (excluding diaryl/α,β-unsaturated/α-hetero) is 1. The molecule has 2 unspecified atom stereocenters. The van der Waals surface area contributed by atoms with Crippen LogP contribution < -0.4 is 0 Å². The number of ketones is 1. The molecule has 118 valence electrons. The Kier molecular flexibility index (Phi) is 3.95. The lowest BCUT2D eigenvalue weighted by atomic mass is 9.97. The van der Waals surface area contributed by atoms with Crippen molar-refractivity contribution in [2.45, 2.75) is 52.0 Å². The maximum Gasteiger partial charge on any atom is 0.204 e. The molecule has 0 saturated carbocycles. The predicted octanol–water partition coefficient (Wildman–Crippen LogP) is 2.68. The Bertz CT molecular complexity index is 782. The summed E-state index contributed by atoms with van der Waals surface area (Å²) in [4.78, 5) is 25.8. The van der Waals surface area contributed by atoms with Gasteiger partial charge in [-0.2, -0.15) is 5.26 Å². The molecule has 0 bridgehead atoms. The summed E-state index contributed by atoms with van der Waals surface area (Å²) in [5.74, 6) is 0.332. The molecule has 2 aromatic rings. The van der Waals surface area contributed by atoms with E-state index in [4.69, 9.17) is 0 Å². The second-order valence-corrected chi connectivity index (χ2v) is 6.08. The third-order valence-corrected chi connectivity index (χ3v) is 4.26. The lowest BCUT2D eigenvalue weighted by Gasteiger charge is -2.24. The quantitative estimate of drug-likeness (QED) is 0.814. The van der Waals surface area contributed by atoms with Crippen molar-refractivity contribution in [1.82, 2.24) is 19.5 Å². The maximum absolute atomic E-state index is 12.9. The van der Waals surface area contributed by atoms with Crippen LogP contribution in [0, 0.1) is 25.2 Å². The molecule has 2 atom stereocenters. The molecule has 0 saturated heterocycles. The smallest absolute Gasteiger partial charge is 0.204 e. The highest BCUT2D eigenvalue weighted by atomic mass is 16.1. The van der Waals surface area contributed by atoms with Crippen LogP contribution in [0.15, 0.2) is 12.3 Å². The highest BCUT2D eigenvalue weighted by Crippen LogP contribution is 2.28. The van der Waals surface area contributed by atoms with E-state index in [0.29, 0.717) is 17.2 Å². The van der Waals surface area contributed by atoms with Crippen LogP contribution in [0.3, 0.4) is 0 Å². The number of aromatic nitrogens is 4. The largest absolute Gasteiger partial charge is 0.323 e. The van der Waals surface area contributed by atoms with E-state index in [1.165, 1.54) is 0 Å². The van der Waals surface area contributed by atoms with Gasteiger partial charge < -0.3 is 4.57 Å². The van der Waals surface area contributed by atoms with Gasteiger partial charge >= 0.3 is 0 Å². The zero-order valence-electron chi connectivity index (χ0n) is 13.6. The standard InChI is InChI=1S/C17H19N5O/c1-10-7-14(21-12(3)20-10)13(8-18)17(23)15-9-19-16-6-4-5-11(2)22(15)16/h7,9,11,13H,4-6H2,1-3H3. The average molecular weight is 309 g/mol. The Labute approximate surface area is 135 Å². The van der Waals surface area contributed by atoms with E-state index >= 15 is 0 Å². The Hall–Kier alpha value is -2.55. The molecule has 0 N–H and O–H groups in total. The first-order chi connectivity index (χ1) is 11.0. The monoisotopic (exact) mass is 309 g/mol. The van der Waals surface area contributed by atoms with Crippen molar-refractivity contribution in [3.8, 4) is 6.07 Å². The fraction of sp³-hybridized carbons (Fsp3) is 0.471. The van der Waals surface area contributed by atoms with Crippen molar-refractivity contribution in [2.75, 3.05) is 0 Å². The van der Waals surface area contributed by atoms with Gasteiger partial charge in [0, 0.05) is 18.2 Å². The number of hydrogen-bond acceptors (Lipinski definition) is 5. The van der Waals surface area contributed by atoms with Crippen molar-refractivity contribution >= 4 is 5.78 Å². The number of aryl methyl sites for hydroxylation is 3. The summed E-state index contributed by atoms with van der Waals surface area (Å²) in [6, 6.07) is 4.04. The molecule has 3 heterocycles. The SMILES string of the molecule is Cc1cc(C(C#N)C(=O)c2cnc3n2C(C)CCC3)nc(C)n1. The molecule has 3 rings (SSSR count). The molecule has 1 aliphatic rings. The minimum absolute atomic E-state index is 0.230. The Morgan fingerprint density at radius 2 is 2.22 bits per heavy atom. The third kappa shape index (κ3) is 2.74. The first kappa shape index (κ1) is 15.3. The predicted molar refractivity (Wildman–Crippen MR) is 84.1 cm³/mol. The van der Waals surface area contributed by atoms with E-state index < -0.39 is 5.92 Å². The van der Waals surface area contributed by atoms with Gasteiger partial charge in [0.15, 0.2) is 5.92 Å². The molecule has 6 heteroatoms. The van der Waals surface area contributed by atoms with Crippen molar-refractivity contribution < 1.29 is 4.79 Å². The molecule has 2 aromatic heterocycles. The number of carbonyl (C=O) groups is 1. The fourth-order valence-corrected chi connectivity index (χ4v) is 3.24. The van der Waals surface area contributed by atoms with Gasteiger partial charge in [-0.1, -0.05) is 0 Å². The van der Waals surface area contributed by atoms with Gasteiger partial charge in [0.2, 0.25) is 5.78 Å². The molecule has 0 aliphatic carbocycles. The second-order valence-electron chi connectivity index (χ2n) is 6.08. The van der Waals surface area contributed by atoms with Gasteiger partial charge in [0.1, 0.15) is 17.3 Å². The number of hydrogen-bond donors (Lipinski definition) is 0. The van der Waals surface area contributed by atoms with Gasteiger partial charge in [0.25, 0.3) is 0 Å². The highest BCUT2D eigenvalue weighted by molar-refractivity contribution is 6.01. The Morgan fingerprint density at radius 3 is 2.91 bits per heavy atom. The van der Waals surface area contributed by atoms with Crippen LogP contribution in [0.2, 0.25) is 0 Å². The molecule has 23 heavy (non-hydrogen) atoms. The van der Waals surface area contributed by atoms with E-state index in [-0.39, 0.29) is 11.8 Å². The summed E-state index contributed by atoms with van der Waals surface area (Å²) in [5.41, 5.74) is 1.72. The molecule has 0 fully saturated rings. The van der Waals surface area contributed by atoms with E-state index in [1.54, 1.807) is 19.2 Å². The number of fused-ring (bicyclic) bond motifs is 1. The molecule has 0 amide bonds. The highest BCUT2D eigenvalue weighted by Gasteiger charge is 2.30. The maximum atomic E-state index is 12.9. The number of nitriles is 1. The van der Waals surface area contributed by atoms with Crippen LogP contribution in [-0.2, 0) is 6.42 Å². The fourth-order valence-electron chi connectivity index (χ4n) is 3.24. The van der Waals surface area contributed by atoms with Crippen molar-refractivity contribution in [1.29, 1.82) is 5.26 Å². The van der Waals surface area contributed by atoms with Crippen LogP contribution in [0.25, 0.3) is 0 Å². The van der Waals surface area contributed by atoms with Crippen LogP contribution in [0.4, 0.5) is 0 Å². The minimum atomic E-state index is -0.926. The number of nitrogens with zero attached hydrogens (tertiary/aromatic N) is 5. The van der Waals surface area contributed by atoms with Gasteiger partial charge in [-0.3, -0.25) is 4.79 Å². The van der Waals surface area contributed by atoms with Gasteiger partial charge in [-0.25, -0.2) is 15.0 Å². The van der Waals surface area contributed by atoms with Crippen LogP contribution in [-0.4, -0.2) is 25.3 Å². The number of rotatable bonds is 3. The minimum Gasteiger partial charge on any atom is -0.323 e. The van der Waals surface area contributed by atoms with Crippen molar-refractivity contribution in [2.24, 2.45) is 0 Å². The summed E-state index contributed by atoms with van der Waals surface area (Å²) in [6.45, 7) is 5.68.